The number of thiocarbonyl (C=S) groups is 1. The highest BCUT2D eigenvalue weighted by Crippen LogP contribution is 2.36. The van der Waals surface area contributed by atoms with E-state index in [1.54, 1.807) is 24.4 Å². The first-order valence-electron chi connectivity index (χ1n) is 7.99. The Kier molecular flexibility index (Phi) is 4.47. The number of carboxylic acid groups (broad SMARTS) is 1. The average Bonchev–Trinajstić information content (AvgIpc) is 2.95. The van der Waals surface area contributed by atoms with Crippen molar-refractivity contribution < 1.29 is 14.7 Å². The minimum atomic E-state index is -1.02. The second-order valence-electron chi connectivity index (χ2n) is 5.82. The Morgan fingerprint density at radius 2 is 1.93 bits per heavy atom. The maximum atomic E-state index is 12.8. The zero-order chi connectivity index (χ0) is 19.0. The van der Waals surface area contributed by atoms with Crippen molar-refractivity contribution in [3.8, 4) is 0 Å². The molecule has 0 aliphatic carbocycles. The monoisotopic (exact) mass is 392 g/mol. The van der Waals surface area contributed by atoms with E-state index >= 15 is 0 Å². The third kappa shape index (κ3) is 3.34. The molecule has 7 heteroatoms. The van der Waals surface area contributed by atoms with Gasteiger partial charge in [-0.25, -0.2) is 4.79 Å². The fraction of sp³-hybridized carbons (Fsp3) is 0. The highest BCUT2D eigenvalue weighted by Gasteiger charge is 2.33. The Hall–Kier alpha value is -3.03. The number of carbonyl (C=O) groups excluding carboxylic acids is 1. The SMILES string of the molecule is O=C(O)c1ccc(N2C(=O)/C(=C\c3ccc4ncccc4c3)SC2=S)cc1. The Morgan fingerprint density at radius 3 is 2.67 bits per heavy atom. The molecule has 1 amide bonds. The number of fused-ring (bicyclic) bond motifs is 1. The quantitative estimate of drug-likeness (QED) is 0.528. The van der Waals surface area contributed by atoms with Crippen molar-refractivity contribution in [2.75, 3.05) is 4.90 Å². The molecular weight excluding hydrogens is 380 g/mol. The van der Waals surface area contributed by atoms with Crippen LogP contribution in [0.15, 0.2) is 65.7 Å². The second-order valence-corrected chi connectivity index (χ2v) is 7.50. The van der Waals surface area contributed by atoms with Gasteiger partial charge in [-0.1, -0.05) is 36.1 Å². The summed E-state index contributed by atoms with van der Waals surface area (Å²) in [5, 5.41) is 9.99. The molecule has 0 radical (unpaired) electrons. The molecule has 1 saturated heterocycles. The largest absolute Gasteiger partial charge is 0.478 e. The van der Waals surface area contributed by atoms with Crippen LogP contribution in [-0.4, -0.2) is 26.3 Å². The topological polar surface area (TPSA) is 70.5 Å². The van der Waals surface area contributed by atoms with Crippen molar-refractivity contribution >= 4 is 62.8 Å². The van der Waals surface area contributed by atoms with Gasteiger partial charge in [0.25, 0.3) is 5.91 Å². The smallest absolute Gasteiger partial charge is 0.335 e. The fourth-order valence-electron chi connectivity index (χ4n) is 2.78. The van der Waals surface area contributed by atoms with E-state index in [2.05, 4.69) is 4.98 Å². The third-order valence-electron chi connectivity index (χ3n) is 4.09. The lowest BCUT2D eigenvalue weighted by atomic mass is 10.1. The summed E-state index contributed by atoms with van der Waals surface area (Å²) in [6.07, 6.45) is 3.54. The van der Waals surface area contributed by atoms with Crippen LogP contribution in [0.1, 0.15) is 15.9 Å². The van der Waals surface area contributed by atoms with Gasteiger partial charge in [0.2, 0.25) is 0 Å². The lowest BCUT2D eigenvalue weighted by Gasteiger charge is -2.14. The van der Waals surface area contributed by atoms with Crippen molar-refractivity contribution in [1.82, 2.24) is 4.98 Å². The van der Waals surface area contributed by atoms with Crippen LogP contribution in [0.4, 0.5) is 5.69 Å². The summed E-state index contributed by atoms with van der Waals surface area (Å²) < 4.78 is 0.414. The highest BCUT2D eigenvalue weighted by atomic mass is 32.2. The molecule has 0 bridgehead atoms. The number of hydrogen-bond acceptors (Lipinski definition) is 5. The minimum Gasteiger partial charge on any atom is -0.478 e. The van der Waals surface area contributed by atoms with Gasteiger partial charge in [0.05, 0.1) is 21.7 Å². The lowest BCUT2D eigenvalue weighted by Crippen LogP contribution is -2.27. The zero-order valence-corrected chi connectivity index (χ0v) is 15.5. The highest BCUT2D eigenvalue weighted by molar-refractivity contribution is 8.27. The first-order valence-corrected chi connectivity index (χ1v) is 9.21. The van der Waals surface area contributed by atoms with Crippen LogP contribution in [0.3, 0.4) is 0 Å². The molecule has 0 atom stereocenters. The molecule has 1 aliphatic rings. The summed E-state index contributed by atoms with van der Waals surface area (Å²) in [7, 11) is 0. The van der Waals surface area contributed by atoms with Crippen molar-refractivity contribution in [3.05, 3.63) is 76.8 Å². The van der Waals surface area contributed by atoms with Crippen molar-refractivity contribution in [2.45, 2.75) is 0 Å². The zero-order valence-electron chi connectivity index (χ0n) is 13.8. The van der Waals surface area contributed by atoms with Crippen LogP contribution >= 0.6 is 24.0 Å². The van der Waals surface area contributed by atoms with Crippen molar-refractivity contribution in [3.63, 3.8) is 0 Å². The molecule has 0 unspecified atom stereocenters. The number of amides is 1. The minimum absolute atomic E-state index is 0.157. The van der Waals surface area contributed by atoms with Gasteiger partial charge in [-0.2, -0.15) is 0 Å². The summed E-state index contributed by atoms with van der Waals surface area (Å²) in [5.41, 5.74) is 2.48. The number of benzene rings is 2. The molecule has 3 aromatic rings. The van der Waals surface area contributed by atoms with E-state index in [9.17, 15) is 9.59 Å². The van der Waals surface area contributed by atoms with Gasteiger partial charge in [-0.05, 0) is 54.1 Å². The van der Waals surface area contributed by atoms with Crippen molar-refractivity contribution in [1.29, 1.82) is 0 Å². The maximum absolute atomic E-state index is 12.8. The van der Waals surface area contributed by atoms with E-state index in [-0.39, 0.29) is 11.5 Å². The molecule has 2 aromatic carbocycles. The van der Waals surface area contributed by atoms with Crippen LogP contribution in [0.25, 0.3) is 17.0 Å². The van der Waals surface area contributed by atoms with E-state index in [4.69, 9.17) is 17.3 Å². The number of pyridine rings is 1. The summed E-state index contributed by atoms with van der Waals surface area (Å²) in [5.74, 6) is -1.24. The van der Waals surface area contributed by atoms with Gasteiger partial charge in [-0.15, -0.1) is 0 Å². The lowest BCUT2D eigenvalue weighted by molar-refractivity contribution is -0.113. The number of nitrogens with zero attached hydrogens (tertiary/aromatic N) is 2. The molecule has 1 fully saturated rings. The molecule has 2 heterocycles. The molecule has 5 nitrogen and oxygen atoms in total. The molecule has 1 aliphatic heterocycles. The fourth-order valence-corrected chi connectivity index (χ4v) is 4.08. The number of anilines is 1. The molecule has 0 spiro atoms. The number of thioether (sulfide) groups is 1. The number of carboxylic acids is 1. The van der Waals surface area contributed by atoms with Gasteiger partial charge in [0.15, 0.2) is 4.32 Å². The number of rotatable bonds is 3. The standard InChI is InChI=1S/C20H12N2O3S2/c23-18-17(11-12-3-8-16-14(10-12)2-1-9-21-16)27-20(26)22(18)15-6-4-13(5-7-15)19(24)25/h1-11H,(H,24,25)/b17-11+. The molecule has 1 aromatic heterocycles. The van der Waals surface area contributed by atoms with E-state index < -0.39 is 5.97 Å². The number of carbonyl (C=O) groups is 2. The first kappa shape index (κ1) is 17.4. The Balaban J connectivity index is 1.65. The van der Waals surface area contributed by atoms with Crippen LogP contribution in [0.2, 0.25) is 0 Å². The molecular formula is C20H12N2O3S2. The summed E-state index contributed by atoms with van der Waals surface area (Å²) in [6.45, 7) is 0. The number of aromatic carboxylic acids is 1. The van der Waals surface area contributed by atoms with Crippen LogP contribution < -0.4 is 4.90 Å². The predicted octanol–water partition coefficient (Wildman–Crippen LogP) is 4.34. The molecule has 1 N–H and O–H groups in total. The third-order valence-corrected chi connectivity index (χ3v) is 5.39. The number of hydrogen-bond donors (Lipinski definition) is 1. The Bertz CT molecular complexity index is 1120. The van der Waals surface area contributed by atoms with E-state index in [0.29, 0.717) is 14.9 Å². The van der Waals surface area contributed by atoms with Gasteiger partial charge in [-0.3, -0.25) is 14.7 Å². The van der Waals surface area contributed by atoms with Gasteiger partial charge in [0.1, 0.15) is 0 Å². The second kappa shape index (κ2) is 6.94. The normalized spacial score (nSPS) is 15.7. The molecule has 4 rings (SSSR count). The molecule has 132 valence electrons. The van der Waals surface area contributed by atoms with Gasteiger partial charge in [0, 0.05) is 11.6 Å². The van der Waals surface area contributed by atoms with Crippen LogP contribution in [0, 0.1) is 0 Å². The Morgan fingerprint density at radius 1 is 1.15 bits per heavy atom. The van der Waals surface area contributed by atoms with E-state index in [1.807, 2.05) is 30.3 Å². The summed E-state index contributed by atoms with van der Waals surface area (Å²) >= 11 is 6.58. The van der Waals surface area contributed by atoms with Crippen molar-refractivity contribution in [2.24, 2.45) is 0 Å². The van der Waals surface area contributed by atoms with E-state index in [0.717, 1.165) is 16.5 Å². The first-order chi connectivity index (χ1) is 13.0. The number of aromatic nitrogens is 1. The average molecular weight is 392 g/mol. The molecule has 27 heavy (non-hydrogen) atoms. The summed E-state index contributed by atoms with van der Waals surface area (Å²) in [6, 6.07) is 15.7. The molecule has 0 saturated carbocycles. The van der Waals surface area contributed by atoms with Gasteiger partial charge >= 0.3 is 5.97 Å². The predicted molar refractivity (Wildman–Crippen MR) is 111 cm³/mol. The summed E-state index contributed by atoms with van der Waals surface area (Å²) in [4.78, 5) is 30.0. The Labute approximate surface area is 164 Å². The van der Waals surface area contributed by atoms with Gasteiger partial charge < -0.3 is 5.11 Å². The van der Waals surface area contributed by atoms with E-state index in [1.165, 1.54) is 28.8 Å². The van der Waals surface area contributed by atoms with Crippen LogP contribution in [-0.2, 0) is 4.79 Å². The maximum Gasteiger partial charge on any atom is 0.335 e. The van der Waals surface area contributed by atoms with Crippen LogP contribution in [0.5, 0.6) is 0 Å².